The van der Waals surface area contributed by atoms with E-state index in [1.807, 2.05) is 31.2 Å². The quantitative estimate of drug-likeness (QED) is 0.572. The number of hydrogen-bond acceptors (Lipinski definition) is 4. The third-order valence-electron chi connectivity index (χ3n) is 3.74. The largest absolute Gasteiger partial charge is 0.478 e. The summed E-state index contributed by atoms with van der Waals surface area (Å²) in [5.41, 5.74) is 2.39. The molecule has 2 aromatic carbocycles. The molecule has 26 heavy (non-hydrogen) atoms. The molecule has 0 unspecified atom stereocenters. The van der Waals surface area contributed by atoms with Crippen LogP contribution in [0.25, 0.3) is 0 Å². The molecule has 0 aliphatic rings. The fourth-order valence-electron chi connectivity index (χ4n) is 2.48. The summed E-state index contributed by atoms with van der Waals surface area (Å²) in [7, 11) is 0. The molecule has 0 radical (unpaired) electrons. The molecule has 0 atom stereocenters. The van der Waals surface area contributed by atoms with E-state index in [1.165, 1.54) is 11.9 Å². The Hall–Kier alpha value is -2.50. The maximum Gasteiger partial charge on any atom is 0.335 e. The molecule has 0 spiro atoms. The van der Waals surface area contributed by atoms with Crippen molar-refractivity contribution in [3.63, 3.8) is 0 Å². The van der Waals surface area contributed by atoms with Crippen LogP contribution in [0, 0.1) is 6.92 Å². The van der Waals surface area contributed by atoms with E-state index < -0.39 is 5.97 Å². The van der Waals surface area contributed by atoms with Crippen molar-refractivity contribution in [2.24, 2.45) is 0 Å². The van der Waals surface area contributed by atoms with E-state index in [0.717, 1.165) is 21.8 Å². The van der Waals surface area contributed by atoms with Crippen molar-refractivity contribution in [3.8, 4) is 0 Å². The highest BCUT2D eigenvalue weighted by Gasteiger charge is 2.14. The second-order valence-electron chi connectivity index (χ2n) is 5.74. The van der Waals surface area contributed by atoms with Gasteiger partial charge in [0.15, 0.2) is 0 Å². The molecule has 1 aromatic heterocycles. The van der Waals surface area contributed by atoms with Crippen molar-refractivity contribution >= 4 is 35.3 Å². The highest BCUT2D eigenvalue weighted by Crippen LogP contribution is 2.32. The van der Waals surface area contributed by atoms with Gasteiger partial charge in [-0.2, -0.15) is 0 Å². The average Bonchev–Trinajstić information content (AvgIpc) is 2.62. The van der Waals surface area contributed by atoms with Crippen molar-refractivity contribution in [1.82, 2.24) is 4.98 Å². The van der Waals surface area contributed by atoms with Crippen molar-refractivity contribution in [1.29, 1.82) is 0 Å². The lowest BCUT2D eigenvalue weighted by molar-refractivity contribution is 0.0697. The minimum atomic E-state index is -0.932. The Labute approximate surface area is 161 Å². The zero-order valence-corrected chi connectivity index (χ0v) is 15.7. The molecule has 3 aromatic rings. The number of aromatic nitrogens is 1. The van der Waals surface area contributed by atoms with Crippen LogP contribution in [0.1, 0.15) is 21.5 Å². The van der Waals surface area contributed by atoms with Crippen molar-refractivity contribution in [2.45, 2.75) is 18.4 Å². The molecule has 0 saturated heterocycles. The van der Waals surface area contributed by atoms with Crippen molar-refractivity contribution in [2.75, 3.05) is 4.31 Å². The smallest absolute Gasteiger partial charge is 0.335 e. The lowest BCUT2D eigenvalue weighted by Gasteiger charge is -2.24. The number of carboxylic acid groups (broad SMARTS) is 1. The van der Waals surface area contributed by atoms with Gasteiger partial charge >= 0.3 is 5.97 Å². The SMILES string of the molecule is Cc1cc(Cl)cnc1N(Cc1ccccc1)Sc1ccc(C(=O)O)cc1. The van der Waals surface area contributed by atoms with Crippen LogP contribution in [0.15, 0.2) is 71.8 Å². The summed E-state index contributed by atoms with van der Waals surface area (Å²) in [4.78, 5) is 16.5. The summed E-state index contributed by atoms with van der Waals surface area (Å²) in [6, 6.07) is 18.8. The zero-order valence-electron chi connectivity index (χ0n) is 14.1. The summed E-state index contributed by atoms with van der Waals surface area (Å²) in [5, 5.41) is 9.65. The van der Waals surface area contributed by atoms with Gasteiger partial charge in [0.2, 0.25) is 0 Å². The van der Waals surface area contributed by atoms with Gasteiger partial charge in [-0.15, -0.1) is 0 Å². The first kappa shape index (κ1) is 18.3. The van der Waals surface area contributed by atoms with Crippen LogP contribution in [-0.2, 0) is 6.54 Å². The van der Waals surface area contributed by atoms with Gasteiger partial charge in [-0.25, -0.2) is 9.78 Å². The monoisotopic (exact) mass is 384 g/mol. The Morgan fingerprint density at radius 1 is 1.15 bits per heavy atom. The molecule has 3 rings (SSSR count). The van der Waals surface area contributed by atoms with Crippen molar-refractivity contribution < 1.29 is 9.90 Å². The fraction of sp³-hybridized carbons (Fsp3) is 0.100. The third kappa shape index (κ3) is 4.56. The number of pyridine rings is 1. The lowest BCUT2D eigenvalue weighted by Crippen LogP contribution is -2.16. The van der Waals surface area contributed by atoms with Gasteiger partial charge in [-0.1, -0.05) is 41.9 Å². The normalized spacial score (nSPS) is 10.5. The lowest BCUT2D eigenvalue weighted by atomic mass is 10.2. The topological polar surface area (TPSA) is 53.4 Å². The standard InChI is InChI=1S/C20H17ClN2O2S/c1-14-11-17(21)12-22-19(14)23(13-15-5-3-2-4-6-15)26-18-9-7-16(8-10-18)20(24)25/h2-12H,13H2,1H3,(H,24,25). The number of benzene rings is 2. The first-order valence-corrected chi connectivity index (χ1v) is 9.13. The fourth-order valence-corrected chi connectivity index (χ4v) is 3.70. The van der Waals surface area contributed by atoms with Crippen LogP contribution in [0.5, 0.6) is 0 Å². The molecule has 1 N–H and O–H groups in total. The molecular weight excluding hydrogens is 368 g/mol. The van der Waals surface area contributed by atoms with E-state index in [-0.39, 0.29) is 5.56 Å². The number of aromatic carboxylic acids is 1. The second kappa shape index (κ2) is 8.25. The summed E-state index contributed by atoms with van der Waals surface area (Å²) in [5.74, 6) is -0.108. The number of anilines is 1. The van der Waals surface area contributed by atoms with Crippen LogP contribution < -0.4 is 4.31 Å². The maximum atomic E-state index is 11.0. The van der Waals surface area contributed by atoms with E-state index in [2.05, 4.69) is 21.4 Å². The predicted octanol–water partition coefficient (Wildman–Crippen LogP) is 5.46. The molecule has 0 fully saturated rings. The Morgan fingerprint density at radius 2 is 1.85 bits per heavy atom. The molecule has 0 bridgehead atoms. The Morgan fingerprint density at radius 3 is 2.46 bits per heavy atom. The number of nitrogens with zero attached hydrogens (tertiary/aromatic N) is 2. The van der Waals surface area contributed by atoms with Gasteiger partial charge in [-0.05, 0) is 60.3 Å². The zero-order chi connectivity index (χ0) is 18.5. The first-order valence-electron chi connectivity index (χ1n) is 7.98. The number of halogens is 1. The first-order chi connectivity index (χ1) is 12.5. The van der Waals surface area contributed by atoms with Gasteiger partial charge in [-0.3, -0.25) is 4.31 Å². The number of rotatable bonds is 6. The third-order valence-corrected chi connectivity index (χ3v) is 4.95. The Kier molecular flexibility index (Phi) is 5.81. The van der Waals surface area contributed by atoms with Gasteiger partial charge < -0.3 is 5.11 Å². The molecule has 132 valence electrons. The van der Waals surface area contributed by atoms with E-state index >= 15 is 0 Å². The summed E-state index contributed by atoms with van der Waals surface area (Å²) in [6.45, 7) is 2.63. The molecule has 4 nitrogen and oxygen atoms in total. The van der Waals surface area contributed by atoms with E-state index in [1.54, 1.807) is 30.5 Å². The minimum Gasteiger partial charge on any atom is -0.478 e. The van der Waals surface area contributed by atoms with Gasteiger partial charge in [0.1, 0.15) is 5.82 Å². The van der Waals surface area contributed by atoms with Crippen LogP contribution in [0.3, 0.4) is 0 Å². The Bertz CT molecular complexity index is 901. The van der Waals surface area contributed by atoms with Gasteiger partial charge in [0.05, 0.1) is 17.1 Å². The van der Waals surface area contributed by atoms with Crippen LogP contribution in [0.2, 0.25) is 5.02 Å². The molecular formula is C20H17ClN2O2S. The summed E-state index contributed by atoms with van der Waals surface area (Å²) in [6.07, 6.45) is 1.63. The second-order valence-corrected chi connectivity index (χ2v) is 7.27. The van der Waals surface area contributed by atoms with Gasteiger partial charge in [0.25, 0.3) is 0 Å². The van der Waals surface area contributed by atoms with Crippen LogP contribution in [-0.4, -0.2) is 16.1 Å². The summed E-state index contributed by atoms with van der Waals surface area (Å²) < 4.78 is 2.08. The van der Waals surface area contributed by atoms with E-state index in [0.29, 0.717) is 11.6 Å². The number of carbonyl (C=O) groups is 1. The Balaban J connectivity index is 1.90. The van der Waals surface area contributed by atoms with E-state index in [4.69, 9.17) is 16.7 Å². The highest BCUT2D eigenvalue weighted by molar-refractivity contribution is 8.00. The molecule has 0 saturated carbocycles. The van der Waals surface area contributed by atoms with Gasteiger partial charge in [0, 0.05) is 11.1 Å². The number of carboxylic acids is 1. The highest BCUT2D eigenvalue weighted by atomic mass is 35.5. The molecule has 0 amide bonds. The van der Waals surface area contributed by atoms with Crippen molar-refractivity contribution in [3.05, 3.63) is 88.6 Å². The number of hydrogen-bond donors (Lipinski definition) is 1. The summed E-state index contributed by atoms with van der Waals surface area (Å²) >= 11 is 7.56. The van der Waals surface area contributed by atoms with Crippen LogP contribution >= 0.6 is 23.5 Å². The molecule has 1 heterocycles. The average molecular weight is 385 g/mol. The van der Waals surface area contributed by atoms with E-state index in [9.17, 15) is 4.79 Å². The maximum absolute atomic E-state index is 11.0. The molecule has 0 aliphatic carbocycles. The van der Waals surface area contributed by atoms with Crippen LogP contribution in [0.4, 0.5) is 5.82 Å². The molecule has 0 aliphatic heterocycles. The minimum absolute atomic E-state index is 0.268. The molecule has 6 heteroatoms. The predicted molar refractivity (Wildman–Crippen MR) is 106 cm³/mol. The number of aryl methyl sites for hydroxylation is 1.